The molecule has 1 saturated heterocycles. The molecule has 0 spiro atoms. The van der Waals surface area contributed by atoms with Gasteiger partial charge in [0.2, 0.25) is 0 Å². The normalized spacial score (nSPS) is 18.7. The van der Waals surface area contributed by atoms with Crippen molar-refractivity contribution in [3.05, 3.63) is 29.3 Å². The standard InChI is InChI=1S/C15H21N3S/c1-15(2)5-6-18(7-8-19-15)14-4-3-12(10-16)9-13(14)11-17/h3-4,9H,5-8,10,16H2,1-2H3. The molecule has 0 radical (unpaired) electrons. The monoisotopic (exact) mass is 275 g/mol. The predicted molar refractivity (Wildman–Crippen MR) is 82.4 cm³/mol. The average Bonchev–Trinajstić information content (AvgIpc) is 2.59. The first-order valence-corrected chi connectivity index (χ1v) is 7.66. The maximum atomic E-state index is 9.32. The molecule has 1 aromatic carbocycles. The Bertz CT molecular complexity index is 491. The topological polar surface area (TPSA) is 53.0 Å². The fourth-order valence-corrected chi connectivity index (χ4v) is 3.44. The zero-order valence-electron chi connectivity index (χ0n) is 11.6. The summed E-state index contributed by atoms with van der Waals surface area (Å²) in [4.78, 5) is 2.33. The van der Waals surface area contributed by atoms with Crippen LogP contribution in [0.3, 0.4) is 0 Å². The molecule has 2 rings (SSSR count). The molecule has 0 unspecified atom stereocenters. The second-order valence-electron chi connectivity index (χ2n) is 5.51. The van der Waals surface area contributed by atoms with Crippen molar-refractivity contribution in [3.8, 4) is 6.07 Å². The highest BCUT2D eigenvalue weighted by molar-refractivity contribution is 8.00. The molecule has 0 bridgehead atoms. The van der Waals surface area contributed by atoms with Crippen LogP contribution in [0.2, 0.25) is 0 Å². The van der Waals surface area contributed by atoms with Gasteiger partial charge in [-0.3, -0.25) is 0 Å². The SMILES string of the molecule is CC1(C)CCN(c2ccc(CN)cc2C#N)CCS1. The number of nitrogens with zero attached hydrogens (tertiary/aromatic N) is 2. The summed E-state index contributed by atoms with van der Waals surface area (Å²) in [5, 5.41) is 9.32. The fourth-order valence-electron chi connectivity index (χ4n) is 2.34. The Labute approximate surface area is 119 Å². The minimum Gasteiger partial charge on any atom is -0.370 e. The average molecular weight is 275 g/mol. The molecule has 1 aromatic rings. The molecular formula is C15H21N3S. The number of rotatable bonds is 2. The molecule has 0 aromatic heterocycles. The highest BCUT2D eigenvalue weighted by atomic mass is 32.2. The Morgan fingerprint density at radius 1 is 1.42 bits per heavy atom. The molecule has 2 N–H and O–H groups in total. The summed E-state index contributed by atoms with van der Waals surface area (Å²) in [5.74, 6) is 1.11. The molecule has 1 fully saturated rings. The minimum atomic E-state index is 0.332. The Balaban J connectivity index is 2.24. The van der Waals surface area contributed by atoms with Crippen LogP contribution in [0.5, 0.6) is 0 Å². The molecule has 19 heavy (non-hydrogen) atoms. The highest BCUT2D eigenvalue weighted by Gasteiger charge is 2.24. The van der Waals surface area contributed by atoms with Crippen molar-refractivity contribution in [1.82, 2.24) is 0 Å². The van der Waals surface area contributed by atoms with E-state index in [1.54, 1.807) is 0 Å². The van der Waals surface area contributed by atoms with Gasteiger partial charge in [-0.05, 0) is 24.1 Å². The summed E-state index contributed by atoms with van der Waals surface area (Å²) in [6.07, 6.45) is 1.14. The van der Waals surface area contributed by atoms with Crippen LogP contribution >= 0.6 is 11.8 Å². The number of hydrogen-bond acceptors (Lipinski definition) is 4. The van der Waals surface area contributed by atoms with Gasteiger partial charge in [-0.15, -0.1) is 0 Å². The van der Waals surface area contributed by atoms with Gasteiger partial charge in [0.25, 0.3) is 0 Å². The van der Waals surface area contributed by atoms with Gasteiger partial charge in [0.1, 0.15) is 6.07 Å². The number of anilines is 1. The summed E-state index contributed by atoms with van der Waals surface area (Å²) in [6, 6.07) is 8.29. The molecule has 0 amide bonds. The predicted octanol–water partition coefficient (Wildman–Crippen LogP) is 2.74. The van der Waals surface area contributed by atoms with Crippen LogP contribution in [-0.4, -0.2) is 23.6 Å². The second kappa shape index (κ2) is 5.85. The van der Waals surface area contributed by atoms with Gasteiger partial charge in [-0.2, -0.15) is 17.0 Å². The van der Waals surface area contributed by atoms with Gasteiger partial charge in [0, 0.05) is 30.1 Å². The van der Waals surface area contributed by atoms with E-state index in [2.05, 4.69) is 24.8 Å². The lowest BCUT2D eigenvalue weighted by Crippen LogP contribution is -2.27. The van der Waals surface area contributed by atoms with E-state index in [-0.39, 0.29) is 0 Å². The van der Waals surface area contributed by atoms with Gasteiger partial charge in [-0.1, -0.05) is 19.9 Å². The quantitative estimate of drug-likeness (QED) is 0.901. The van der Waals surface area contributed by atoms with Crippen molar-refractivity contribution in [2.24, 2.45) is 5.73 Å². The van der Waals surface area contributed by atoms with E-state index in [0.717, 1.165) is 42.1 Å². The van der Waals surface area contributed by atoms with Crippen molar-refractivity contribution in [2.45, 2.75) is 31.6 Å². The van der Waals surface area contributed by atoms with Crippen LogP contribution in [0.25, 0.3) is 0 Å². The summed E-state index contributed by atoms with van der Waals surface area (Å²) in [7, 11) is 0. The maximum Gasteiger partial charge on any atom is 0.101 e. The molecule has 1 aliphatic heterocycles. The van der Waals surface area contributed by atoms with Crippen LogP contribution < -0.4 is 10.6 Å². The molecule has 0 atom stereocenters. The second-order valence-corrected chi connectivity index (χ2v) is 7.31. The fraction of sp³-hybridized carbons (Fsp3) is 0.533. The van der Waals surface area contributed by atoms with E-state index in [9.17, 15) is 5.26 Å². The van der Waals surface area contributed by atoms with Crippen molar-refractivity contribution < 1.29 is 0 Å². The van der Waals surface area contributed by atoms with Crippen LogP contribution in [-0.2, 0) is 6.54 Å². The van der Waals surface area contributed by atoms with E-state index in [1.165, 1.54) is 0 Å². The summed E-state index contributed by atoms with van der Waals surface area (Å²) in [5.41, 5.74) is 8.45. The van der Waals surface area contributed by atoms with E-state index >= 15 is 0 Å². The number of nitrogens with two attached hydrogens (primary N) is 1. The van der Waals surface area contributed by atoms with Crippen LogP contribution in [0.1, 0.15) is 31.4 Å². The third-order valence-corrected chi connectivity index (χ3v) is 4.97. The zero-order chi connectivity index (χ0) is 13.9. The van der Waals surface area contributed by atoms with E-state index < -0.39 is 0 Å². The van der Waals surface area contributed by atoms with Crippen LogP contribution in [0.15, 0.2) is 18.2 Å². The number of nitriles is 1. The van der Waals surface area contributed by atoms with E-state index in [0.29, 0.717) is 11.3 Å². The Kier molecular flexibility index (Phi) is 4.38. The van der Waals surface area contributed by atoms with Gasteiger partial charge in [0.15, 0.2) is 0 Å². The largest absolute Gasteiger partial charge is 0.370 e. The number of hydrogen-bond donors (Lipinski definition) is 1. The molecule has 1 aliphatic rings. The molecule has 0 aliphatic carbocycles. The van der Waals surface area contributed by atoms with Gasteiger partial charge >= 0.3 is 0 Å². The molecular weight excluding hydrogens is 254 g/mol. The van der Waals surface area contributed by atoms with Crippen molar-refractivity contribution >= 4 is 17.4 Å². The van der Waals surface area contributed by atoms with Crippen LogP contribution in [0, 0.1) is 11.3 Å². The minimum absolute atomic E-state index is 0.332. The van der Waals surface area contributed by atoms with E-state index in [4.69, 9.17) is 5.73 Å². The van der Waals surface area contributed by atoms with Crippen molar-refractivity contribution in [2.75, 3.05) is 23.7 Å². The molecule has 0 saturated carbocycles. The lowest BCUT2D eigenvalue weighted by molar-refractivity contribution is 0.637. The Morgan fingerprint density at radius 2 is 2.21 bits per heavy atom. The maximum absolute atomic E-state index is 9.32. The highest BCUT2D eigenvalue weighted by Crippen LogP contribution is 2.33. The first kappa shape index (κ1) is 14.2. The Hall–Kier alpha value is -1.18. The third kappa shape index (κ3) is 3.43. The van der Waals surface area contributed by atoms with Crippen molar-refractivity contribution in [3.63, 3.8) is 0 Å². The number of benzene rings is 1. The first-order valence-electron chi connectivity index (χ1n) is 6.68. The molecule has 1 heterocycles. The summed E-state index contributed by atoms with van der Waals surface area (Å²) in [6.45, 7) is 7.09. The lowest BCUT2D eigenvalue weighted by atomic mass is 10.1. The summed E-state index contributed by atoms with van der Waals surface area (Å²) >= 11 is 2.02. The first-order chi connectivity index (χ1) is 9.05. The number of thioether (sulfide) groups is 1. The molecule has 102 valence electrons. The smallest absolute Gasteiger partial charge is 0.101 e. The molecule has 4 heteroatoms. The third-order valence-electron chi connectivity index (χ3n) is 3.60. The molecule has 3 nitrogen and oxygen atoms in total. The van der Waals surface area contributed by atoms with E-state index in [1.807, 2.05) is 30.0 Å². The summed E-state index contributed by atoms with van der Waals surface area (Å²) < 4.78 is 0.332. The Morgan fingerprint density at radius 3 is 2.89 bits per heavy atom. The van der Waals surface area contributed by atoms with Gasteiger partial charge in [0.05, 0.1) is 11.3 Å². The van der Waals surface area contributed by atoms with Gasteiger partial charge in [-0.25, -0.2) is 0 Å². The van der Waals surface area contributed by atoms with Crippen LogP contribution in [0.4, 0.5) is 5.69 Å². The van der Waals surface area contributed by atoms with Crippen molar-refractivity contribution in [1.29, 1.82) is 5.26 Å². The zero-order valence-corrected chi connectivity index (χ0v) is 12.5. The van der Waals surface area contributed by atoms with Gasteiger partial charge < -0.3 is 10.6 Å². The lowest BCUT2D eigenvalue weighted by Gasteiger charge is -2.25.